The van der Waals surface area contributed by atoms with Gasteiger partial charge >= 0.3 is 5.97 Å². The van der Waals surface area contributed by atoms with Gasteiger partial charge in [-0.05, 0) is 6.07 Å². The Balaban J connectivity index is 3.20. The van der Waals surface area contributed by atoms with Crippen LogP contribution in [0.25, 0.3) is 0 Å². The Kier molecular flexibility index (Phi) is 4.35. The molecule has 0 fully saturated rings. The zero-order valence-corrected chi connectivity index (χ0v) is 9.46. The number of aromatic nitrogens is 1. The lowest BCUT2D eigenvalue weighted by Crippen LogP contribution is -2.09. The molecule has 0 saturated carbocycles. The molecular weight excluding hydrogens is 254 g/mol. The lowest BCUT2D eigenvalue weighted by atomic mass is 10.1. The number of esters is 1. The van der Waals surface area contributed by atoms with Crippen molar-refractivity contribution in [2.75, 3.05) is 7.11 Å². The minimum atomic E-state index is -2.82. The summed E-state index contributed by atoms with van der Waals surface area (Å²) in [7, 11) is 1.17. The molecule has 0 bridgehead atoms. The van der Waals surface area contributed by atoms with Crippen molar-refractivity contribution in [2.45, 2.75) is 12.8 Å². The molecule has 0 aliphatic carbocycles. The molecule has 90 valence electrons. The maximum atomic E-state index is 12.5. The van der Waals surface area contributed by atoms with Crippen molar-refractivity contribution in [1.29, 1.82) is 5.26 Å². The van der Waals surface area contributed by atoms with Crippen molar-refractivity contribution in [3.63, 3.8) is 0 Å². The van der Waals surface area contributed by atoms with Gasteiger partial charge in [-0.25, -0.2) is 13.8 Å². The maximum Gasteiger partial charge on any atom is 0.311 e. The molecule has 1 aromatic heterocycles. The monoisotopic (exact) mass is 260 g/mol. The zero-order valence-electron chi connectivity index (χ0n) is 8.71. The fourth-order valence-electron chi connectivity index (χ4n) is 1.14. The predicted molar refractivity (Wildman–Crippen MR) is 54.6 cm³/mol. The van der Waals surface area contributed by atoms with Crippen molar-refractivity contribution >= 4 is 17.6 Å². The maximum absolute atomic E-state index is 12.5. The van der Waals surface area contributed by atoms with E-state index in [0.717, 1.165) is 6.07 Å². The molecule has 0 aliphatic heterocycles. The molecular formula is C10H7ClF2N2O2. The van der Waals surface area contributed by atoms with Crippen LogP contribution in [0.4, 0.5) is 8.78 Å². The number of methoxy groups -OCH3 is 1. The summed E-state index contributed by atoms with van der Waals surface area (Å²) in [6.45, 7) is 0. The molecule has 1 rings (SSSR count). The van der Waals surface area contributed by atoms with E-state index in [2.05, 4.69) is 9.72 Å². The van der Waals surface area contributed by atoms with E-state index >= 15 is 0 Å². The second-order valence-electron chi connectivity index (χ2n) is 3.03. The van der Waals surface area contributed by atoms with E-state index in [4.69, 9.17) is 16.9 Å². The highest BCUT2D eigenvalue weighted by atomic mass is 35.5. The van der Waals surface area contributed by atoms with E-state index in [-0.39, 0.29) is 17.7 Å². The lowest BCUT2D eigenvalue weighted by Gasteiger charge is -2.07. The first-order valence-electron chi connectivity index (χ1n) is 4.44. The number of halogens is 3. The largest absolute Gasteiger partial charge is 0.469 e. The smallest absolute Gasteiger partial charge is 0.311 e. The minimum Gasteiger partial charge on any atom is -0.469 e. The van der Waals surface area contributed by atoms with Gasteiger partial charge in [-0.15, -0.1) is 0 Å². The highest BCUT2D eigenvalue weighted by Crippen LogP contribution is 2.27. The quantitative estimate of drug-likeness (QED) is 0.618. The third kappa shape index (κ3) is 3.11. The number of pyridine rings is 1. The Labute approximate surface area is 101 Å². The molecule has 0 atom stereocenters. The van der Waals surface area contributed by atoms with Crippen LogP contribution < -0.4 is 0 Å². The molecule has 0 saturated heterocycles. The molecule has 0 unspecified atom stereocenters. The van der Waals surface area contributed by atoms with Gasteiger partial charge in [0.05, 0.1) is 30.4 Å². The van der Waals surface area contributed by atoms with Crippen LogP contribution in [-0.4, -0.2) is 18.1 Å². The molecule has 0 aliphatic rings. The van der Waals surface area contributed by atoms with Crippen LogP contribution in [0.5, 0.6) is 0 Å². The first kappa shape index (κ1) is 13.3. The van der Waals surface area contributed by atoms with Crippen molar-refractivity contribution < 1.29 is 18.3 Å². The average Bonchev–Trinajstić information content (AvgIpc) is 2.28. The summed E-state index contributed by atoms with van der Waals surface area (Å²) in [5.41, 5.74) is -0.624. The van der Waals surface area contributed by atoms with Gasteiger partial charge < -0.3 is 4.74 Å². The van der Waals surface area contributed by atoms with Crippen LogP contribution in [0.15, 0.2) is 6.07 Å². The standard InChI is InChI=1S/C10H7ClF2N2O2/c1-17-8(16)3-7-5(4-14)2-6(10(12)13)9(11)15-7/h2,10H,3H2,1H3. The molecule has 0 spiro atoms. The van der Waals surface area contributed by atoms with Crippen LogP contribution in [0.3, 0.4) is 0 Å². The van der Waals surface area contributed by atoms with Crippen LogP contribution in [-0.2, 0) is 16.0 Å². The topological polar surface area (TPSA) is 63.0 Å². The number of nitriles is 1. The van der Waals surface area contributed by atoms with E-state index < -0.39 is 23.1 Å². The Morgan fingerprint density at radius 2 is 2.35 bits per heavy atom. The van der Waals surface area contributed by atoms with Gasteiger partial charge in [0, 0.05) is 0 Å². The molecule has 1 aromatic rings. The fraction of sp³-hybridized carbons (Fsp3) is 0.300. The van der Waals surface area contributed by atoms with Crippen LogP contribution in [0.2, 0.25) is 5.15 Å². The number of hydrogen-bond donors (Lipinski definition) is 0. The summed E-state index contributed by atoms with van der Waals surface area (Å²) in [6, 6.07) is 2.61. The average molecular weight is 261 g/mol. The molecule has 0 radical (unpaired) electrons. The van der Waals surface area contributed by atoms with E-state index in [0.29, 0.717) is 0 Å². The van der Waals surface area contributed by atoms with Gasteiger partial charge in [0.2, 0.25) is 0 Å². The van der Waals surface area contributed by atoms with Crippen molar-refractivity contribution in [3.05, 3.63) is 28.0 Å². The number of carbonyl (C=O) groups excluding carboxylic acids is 1. The molecule has 1 heterocycles. The number of ether oxygens (including phenoxy) is 1. The van der Waals surface area contributed by atoms with Crippen LogP contribution in [0, 0.1) is 11.3 Å². The summed E-state index contributed by atoms with van der Waals surface area (Å²) < 4.78 is 29.3. The normalized spacial score (nSPS) is 10.1. The number of hydrogen-bond acceptors (Lipinski definition) is 4. The van der Waals surface area contributed by atoms with Crippen molar-refractivity contribution in [3.8, 4) is 6.07 Å². The highest BCUT2D eigenvalue weighted by Gasteiger charge is 2.18. The number of nitrogens with zero attached hydrogens (tertiary/aromatic N) is 2. The predicted octanol–water partition coefficient (Wildman–Crippen LogP) is 2.26. The summed E-state index contributed by atoms with van der Waals surface area (Å²) in [4.78, 5) is 14.6. The Hall–Kier alpha value is -1.74. The SMILES string of the molecule is COC(=O)Cc1nc(Cl)c(C(F)F)cc1C#N. The van der Waals surface area contributed by atoms with E-state index in [1.807, 2.05) is 0 Å². The Bertz CT molecular complexity index is 486. The molecule has 17 heavy (non-hydrogen) atoms. The Morgan fingerprint density at radius 1 is 1.71 bits per heavy atom. The van der Waals surface area contributed by atoms with Gasteiger partial charge in [0.25, 0.3) is 6.43 Å². The third-order valence-electron chi connectivity index (χ3n) is 1.98. The zero-order chi connectivity index (χ0) is 13.0. The minimum absolute atomic E-state index is 0.0220. The van der Waals surface area contributed by atoms with E-state index in [1.54, 1.807) is 6.07 Å². The molecule has 0 amide bonds. The molecule has 7 heteroatoms. The lowest BCUT2D eigenvalue weighted by molar-refractivity contribution is -0.139. The first-order valence-corrected chi connectivity index (χ1v) is 4.81. The van der Waals surface area contributed by atoms with E-state index in [1.165, 1.54) is 7.11 Å². The number of carbonyl (C=O) groups is 1. The Morgan fingerprint density at radius 3 is 2.82 bits per heavy atom. The van der Waals surface area contributed by atoms with Gasteiger partial charge in [-0.1, -0.05) is 11.6 Å². The summed E-state index contributed by atoms with van der Waals surface area (Å²) in [5.74, 6) is -0.630. The van der Waals surface area contributed by atoms with Crippen LogP contribution in [0.1, 0.15) is 23.2 Å². The highest BCUT2D eigenvalue weighted by molar-refractivity contribution is 6.30. The summed E-state index contributed by atoms with van der Waals surface area (Å²) >= 11 is 5.53. The number of rotatable bonds is 3. The van der Waals surface area contributed by atoms with Crippen molar-refractivity contribution in [1.82, 2.24) is 4.98 Å². The van der Waals surface area contributed by atoms with E-state index in [9.17, 15) is 13.6 Å². The second-order valence-corrected chi connectivity index (χ2v) is 3.39. The van der Waals surface area contributed by atoms with Crippen molar-refractivity contribution in [2.24, 2.45) is 0 Å². The summed E-state index contributed by atoms with van der Waals surface area (Å²) in [6.07, 6.45) is -3.11. The third-order valence-corrected chi connectivity index (χ3v) is 2.28. The van der Waals surface area contributed by atoms with Gasteiger partial charge in [0.1, 0.15) is 11.2 Å². The molecule has 4 nitrogen and oxygen atoms in total. The van der Waals surface area contributed by atoms with Gasteiger partial charge in [0.15, 0.2) is 0 Å². The fourth-order valence-corrected chi connectivity index (χ4v) is 1.37. The first-order chi connectivity index (χ1) is 7.99. The van der Waals surface area contributed by atoms with Crippen LogP contribution >= 0.6 is 11.6 Å². The molecule has 0 N–H and O–H groups in total. The van der Waals surface area contributed by atoms with Gasteiger partial charge in [-0.2, -0.15) is 5.26 Å². The molecule has 0 aromatic carbocycles. The summed E-state index contributed by atoms with van der Waals surface area (Å²) in [5, 5.41) is 8.35. The number of alkyl halides is 2. The van der Waals surface area contributed by atoms with Gasteiger partial charge in [-0.3, -0.25) is 4.79 Å². The second kappa shape index (κ2) is 5.55.